The van der Waals surface area contributed by atoms with Gasteiger partial charge in [0.05, 0.1) is 17.7 Å². The van der Waals surface area contributed by atoms with Crippen LogP contribution in [0.3, 0.4) is 0 Å². The first-order valence-corrected chi connectivity index (χ1v) is 8.67. The van der Waals surface area contributed by atoms with Crippen LogP contribution in [-0.4, -0.2) is 41.7 Å². The lowest BCUT2D eigenvalue weighted by atomic mass is 10.1. The molecule has 1 atom stereocenters. The van der Waals surface area contributed by atoms with E-state index >= 15 is 0 Å². The number of benzene rings is 2. The van der Waals surface area contributed by atoms with Gasteiger partial charge in [0, 0.05) is 6.54 Å². The quantitative estimate of drug-likeness (QED) is 0.467. The lowest BCUT2D eigenvalue weighted by Crippen LogP contribution is -2.21. The Morgan fingerprint density at radius 3 is 2.26 bits per heavy atom. The first-order valence-electron chi connectivity index (χ1n) is 6.70. The van der Waals surface area contributed by atoms with E-state index in [9.17, 15) is 23.2 Å². The number of aromatic hydroxyl groups is 1. The van der Waals surface area contributed by atoms with Gasteiger partial charge in [-0.15, -0.1) is 11.6 Å². The maximum Gasteiger partial charge on any atom is 0.296 e. The second kappa shape index (κ2) is 7.18. The zero-order chi connectivity index (χ0) is 17.0. The van der Waals surface area contributed by atoms with E-state index in [0.717, 1.165) is 0 Å². The van der Waals surface area contributed by atoms with Crippen molar-refractivity contribution in [1.82, 2.24) is 0 Å². The average Bonchev–Trinajstić information content (AvgIpc) is 2.52. The average molecular weight is 358 g/mol. The predicted molar refractivity (Wildman–Crippen MR) is 88.6 cm³/mol. The van der Waals surface area contributed by atoms with Gasteiger partial charge in [0.25, 0.3) is 10.1 Å². The number of anilines is 1. The van der Waals surface area contributed by atoms with Gasteiger partial charge in [0.2, 0.25) is 0 Å². The molecule has 0 fully saturated rings. The van der Waals surface area contributed by atoms with E-state index in [1.807, 2.05) is 0 Å². The number of hydrogen-bond acceptors (Lipinski definition) is 5. The lowest BCUT2D eigenvalue weighted by Gasteiger charge is -2.14. The molecule has 124 valence electrons. The number of aliphatic hydroxyl groups excluding tert-OH is 1. The van der Waals surface area contributed by atoms with E-state index in [2.05, 4.69) is 5.32 Å². The largest absolute Gasteiger partial charge is 0.508 e. The number of halogens is 1. The maximum absolute atomic E-state index is 11.6. The molecule has 8 heteroatoms. The number of phenolic OH excluding ortho intramolecular Hbond substituents is 1. The topological polar surface area (TPSA) is 107 Å². The van der Waals surface area contributed by atoms with Crippen LogP contribution in [0.2, 0.25) is 0 Å². The van der Waals surface area contributed by atoms with E-state index in [1.165, 1.54) is 24.3 Å². The summed E-state index contributed by atoms with van der Waals surface area (Å²) in [6.07, 6.45) is -0.845. The van der Waals surface area contributed by atoms with Crippen molar-refractivity contribution in [2.45, 2.75) is 11.0 Å². The molecule has 0 aromatic heterocycles. The van der Waals surface area contributed by atoms with Crippen molar-refractivity contribution in [1.29, 1.82) is 0 Å². The first kappa shape index (κ1) is 17.6. The van der Waals surface area contributed by atoms with Crippen molar-refractivity contribution in [3.63, 3.8) is 0 Å². The minimum atomic E-state index is -4.45. The summed E-state index contributed by atoms with van der Waals surface area (Å²) in [6.45, 7) is 0.0462. The van der Waals surface area contributed by atoms with Crippen LogP contribution in [-0.2, 0) is 10.1 Å². The fraction of sp³-hybridized carbons (Fsp3) is 0.200. The summed E-state index contributed by atoms with van der Waals surface area (Å²) in [5, 5.41) is 21.5. The highest BCUT2D eigenvalue weighted by Crippen LogP contribution is 2.29. The van der Waals surface area contributed by atoms with Gasteiger partial charge < -0.3 is 15.5 Å². The Hall–Kier alpha value is -1.80. The molecule has 0 aliphatic rings. The normalized spacial score (nSPS) is 12.8. The molecule has 4 N–H and O–H groups in total. The molecule has 2 aromatic rings. The van der Waals surface area contributed by atoms with Crippen molar-refractivity contribution in [3.05, 3.63) is 42.5 Å². The second-order valence-corrected chi connectivity index (χ2v) is 6.62. The number of nitrogens with one attached hydrogen (secondary N) is 1. The van der Waals surface area contributed by atoms with Gasteiger partial charge in [-0.25, -0.2) is 0 Å². The monoisotopic (exact) mass is 357 g/mol. The van der Waals surface area contributed by atoms with Crippen molar-refractivity contribution >= 4 is 27.4 Å². The molecule has 2 aromatic carbocycles. The summed E-state index contributed by atoms with van der Waals surface area (Å²) in [7, 11) is -4.45. The highest BCUT2D eigenvalue weighted by molar-refractivity contribution is 7.86. The van der Waals surface area contributed by atoms with Gasteiger partial charge in [-0.1, -0.05) is 18.2 Å². The highest BCUT2D eigenvalue weighted by Gasteiger charge is 2.17. The zero-order valence-electron chi connectivity index (χ0n) is 12.0. The standard InChI is InChI=1S/C15H16ClNO5S/c16-8-13(19)9-17-14-6-3-11(7-15(14)23(20,21)22)10-1-4-12(18)5-2-10/h1-7,13,17-19H,8-9H2,(H,20,21,22). The number of rotatable bonds is 6. The third-order valence-electron chi connectivity index (χ3n) is 3.17. The molecular formula is C15H16ClNO5S. The molecule has 0 saturated heterocycles. The molecule has 0 aliphatic heterocycles. The summed E-state index contributed by atoms with van der Waals surface area (Å²) in [5.74, 6) is 0.0943. The summed E-state index contributed by atoms with van der Waals surface area (Å²) in [6, 6.07) is 10.7. The van der Waals surface area contributed by atoms with Crippen LogP contribution in [0.4, 0.5) is 5.69 Å². The number of alkyl halides is 1. The molecule has 23 heavy (non-hydrogen) atoms. The SMILES string of the molecule is O=S(=O)(O)c1cc(-c2ccc(O)cc2)ccc1NCC(O)CCl. The van der Waals surface area contributed by atoms with Gasteiger partial charge in [0.15, 0.2) is 0 Å². The highest BCUT2D eigenvalue weighted by atomic mass is 35.5. The van der Waals surface area contributed by atoms with E-state index in [0.29, 0.717) is 11.1 Å². The molecule has 0 saturated carbocycles. The fourth-order valence-corrected chi connectivity index (χ4v) is 2.80. The Morgan fingerprint density at radius 1 is 1.09 bits per heavy atom. The molecule has 0 aliphatic carbocycles. The Labute approximate surface area is 139 Å². The Bertz CT molecular complexity index is 777. The minimum absolute atomic E-state index is 0.000198. The van der Waals surface area contributed by atoms with Gasteiger partial charge in [0.1, 0.15) is 10.6 Å². The summed E-state index contributed by atoms with van der Waals surface area (Å²) in [4.78, 5) is -0.301. The van der Waals surface area contributed by atoms with E-state index < -0.39 is 16.2 Å². The molecule has 0 radical (unpaired) electrons. The van der Waals surface area contributed by atoms with Crippen LogP contribution in [0.25, 0.3) is 11.1 Å². The molecule has 2 rings (SSSR count). The summed E-state index contributed by atoms with van der Waals surface area (Å²) < 4.78 is 32.6. The Balaban J connectivity index is 2.40. The molecule has 6 nitrogen and oxygen atoms in total. The van der Waals surface area contributed by atoms with Crippen LogP contribution < -0.4 is 5.32 Å². The summed E-state index contributed by atoms with van der Waals surface area (Å²) >= 11 is 5.49. The maximum atomic E-state index is 11.6. The smallest absolute Gasteiger partial charge is 0.296 e. The van der Waals surface area contributed by atoms with Crippen LogP contribution in [0, 0.1) is 0 Å². The number of aliphatic hydroxyl groups is 1. The van der Waals surface area contributed by atoms with E-state index in [-0.39, 0.29) is 28.8 Å². The second-order valence-electron chi connectivity index (χ2n) is 4.92. The van der Waals surface area contributed by atoms with Crippen molar-refractivity contribution in [2.75, 3.05) is 17.7 Å². The van der Waals surface area contributed by atoms with Crippen molar-refractivity contribution < 1.29 is 23.2 Å². The van der Waals surface area contributed by atoms with E-state index in [1.54, 1.807) is 18.2 Å². The lowest BCUT2D eigenvalue weighted by molar-refractivity contribution is 0.211. The number of phenols is 1. The third kappa shape index (κ3) is 4.59. The van der Waals surface area contributed by atoms with Crippen LogP contribution in [0.1, 0.15) is 0 Å². The number of hydrogen-bond donors (Lipinski definition) is 4. The molecule has 0 heterocycles. The van der Waals surface area contributed by atoms with E-state index in [4.69, 9.17) is 11.6 Å². The van der Waals surface area contributed by atoms with Crippen molar-refractivity contribution in [3.8, 4) is 16.9 Å². The Morgan fingerprint density at radius 2 is 1.70 bits per heavy atom. The van der Waals surface area contributed by atoms with Gasteiger partial charge in [-0.05, 0) is 35.4 Å². The van der Waals surface area contributed by atoms with Crippen LogP contribution in [0.15, 0.2) is 47.4 Å². The molecule has 0 bridgehead atoms. The molecule has 0 amide bonds. The van der Waals surface area contributed by atoms with Gasteiger partial charge >= 0.3 is 0 Å². The van der Waals surface area contributed by atoms with Gasteiger partial charge in [-0.2, -0.15) is 8.42 Å². The molecular weight excluding hydrogens is 342 g/mol. The van der Waals surface area contributed by atoms with Gasteiger partial charge in [-0.3, -0.25) is 4.55 Å². The zero-order valence-corrected chi connectivity index (χ0v) is 13.5. The minimum Gasteiger partial charge on any atom is -0.508 e. The van der Waals surface area contributed by atoms with Crippen molar-refractivity contribution in [2.24, 2.45) is 0 Å². The third-order valence-corrected chi connectivity index (χ3v) is 4.42. The van der Waals surface area contributed by atoms with Crippen LogP contribution >= 0.6 is 11.6 Å². The summed E-state index contributed by atoms with van der Waals surface area (Å²) in [5.41, 5.74) is 1.40. The first-order chi connectivity index (χ1) is 10.8. The molecule has 0 spiro atoms. The Kier molecular flexibility index (Phi) is 5.48. The van der Waals surface area contributed by atoms with Crippen LogP contribution in [0.5, 0.6) is 5.75 Å². The fourth-order valence-electron chi connectivity index (χ4n) is 2.00. The predicted octanol–water partition coefficient (Wildman–Crippen LogP) is 2.32. The molecule has 1 unspecified atom stereocenters.